The van der Waals surface area contributed by atoms with Crippen LogP contribution < -0.4 is 0 Å². The summed E-state index contributed by atoms with van der Waals surface area (Å²) in [4.78, 5) is 3.63. The Kier molecular flexibility index (Phi) is 3.21. The first-order valence-electron chi connectivity index (χ1n) is 10.2. The van der Waals surface area contributed by atoms with Gasteiger partial charge >= 0.3 is 0 Å². The number of H-pyrrole nitrogens is 1. The highest BCUT2D eigenvalue weighted by molar-refractivity contribution is 7.26. The van der Waals surface area contributed by atoms with Crippen molar-refractivity contribution in [1.82, 2.24) is 4.98 Å². The third-order valence-electron chi connectivity index (χ3n) is 6.18. The fourth-order valence-electron chi connectivity index (χ4n) is 4.71. The summed E-state index contributed by atoms with van der Waals surface area (Å²) >= 11 is 1.90. The number of rotatable bonds is 1. The third kappa shape index (κ3) is 2.23. The van der Waals surface area contributed by atoms with Crippen molar-refractivity contribution in [2.75, 3.05) is 0 Å². The van der Waals surface area contributed by atoms with Gasteiger partial charge in [-0.25, -0.2) is 0 Å². The molecule has 2 heterocycles. The second-order valence-electron chi connectivity index (χ2n) is 7.91. The van der Waals surface area contributed by atoms with Crippen LogP contribution in [0.4, 0.5) is 0 Å². The van der Waals surface area contributed by atoms with Crippen molar-refractivity contribution in [3.05, 3.63) is 97.1 Å². The van der Waals surface area contributed by atoms with Crippen LogP contribution in [0.5, 0.6) is 0 Å². The molecule has 0 aliphatic carbocycles. The maximum absolute atomic E-state index is 3.63. The van der Waals surface area contributed by atoms with Crippen molar-refractivity contribution in [3.8, 4) is 11.1 Å². The Bertz CT molecular complexity index is 1740. The van der Waals surface area contributed by atoms with E-state index in [-0.39, 0.29) is 0 Å². The highest BCUT2D eigenvalue weighted by Gasteiger charge is 2.12. The van der Waals surface area contributed by atoms with Gasteiger partial charge in [0, 0.05) is 47.4 Å². The summed E-state index contributed by atoms with van der Waals surface area (Å²) < 4.78 is 2.73. The topological polar surface area (TPSA) is 15.8 Å². The lowest BCUT2D eigenvalue weighted by atomic mass is 10.0. The molecular weight excluding hydrogens is 382 g/mol. The van der Waals surface area contributed by atoms with Crippen LogP contribution >= 0.6 is 11.3 Å². The quantitative estimate of drug-likeness (QED) is 0.285. The molecule has 0 amide bonds. The molecule has 5 aromatic carbocycles. The SMILES string of the molecule is c1ccc(-c2ccc3[nH]c4cc5ccc6c7ccccc7sc6c5cc4c3c2)cc1. The van der Waals surface area contributed by atoms with Crippen molar-refractivity contribution in [2.24, 2.45) is 0 Å². The van der Waals surface area contributed by atoms with Gasteiger partial charge in [0.2, 0.25) is 0 Å². The largest absolute Gasteiger partial charge is 0.354 e. The Morgan fingerprint density at radius 2 is 1.33 bits per heavy atom. The fourth-order valence-corrected chi connectivity index (χ4v) is 5.94. The Morgan fingerprint density at radius 1 is 0.500 bits per heavy atom. The zero-order chi connectivity index (χ0) is 19.7. The number of hydrogen-bond donors (Lipinski definition) is 1. The van der Waals surface area contributed by atoms with E-state index in [0.717, 1.165) is 0 Å². The van der Waals surface area contributed by atoms with Crippen LogP contribution in [0.2, 0.25) is 0 Å². The van der Waals surface area contributed by atoms with Gasteiger partial charge in [0.15, 0.2) is 0 Å². The van der Waals surface area contributed by atoms with Crippen LogP contribution in [0.3, 0.4) is 0 Å². The van der Waals surface area contributed by atoms with Gasteiger partial charge in [-0.3, -0.25) is 0 Å². The molecule has 1 N–H and O–H groups in total. The van der Waals surface area contributed by atoms with E-state index in [1.54, 1.807) is 0 Å². The summed E-state index contributed by atoms with van der Waals surface area (Å²) in [5.41, 5.74) is 4.89. The van der Waals surface area contributed by atoms with E-state index in [9.17, 15) is 0 Å². The Hall–Kier alpha value is -3.62. The molecule has 0 spiro atoms. The predicted molar refractivity (Wildman–Crippen MR) is 132 cm³/mol. The molecular formula is C28H17NS. The minimum absolute atomic E-state index is 1.19. The van der Waals surface area contributed by atoms with Crippen LogP contribution in [0.1, 0.15) is 0 Å². The molecule has 0 unspecified atom stereocenters. The van der Waals surface area contributed by atoms with E-state index in [0.29, 0.717) is 0 Å². The Morgan fingerprint density at radius 3 is 2.27 bits per heavy atom. The summed E-state index contributed by atoms with van der Waals surface area (Å²) in [6, 6.07) is 35.3. The van der Waals surface area contributed by atoms with Gasteiger partial charge in [-0.05, 0) is 46.8 Å². The first-order chi connectivity index (χ1) is 14.8. The van der Waals surface area contributed by atoms with Crippen molar-refractivity contribution in [3.63, 3.8) is 0 Å². The van der Waals surface area contributed by atoms with Crippen molar-refractivity contribution in [2.45, 2.75) is 0 Å². The lowest BCUT2D eigenvalue weighted by molar-refractivity contribution is 1.55. The molecule has 2 heteroatoms. The molecule has 1 nitrogen and oxygen atoms in total. The number of benzene rings is 5. The number of aromatic nitrogens is 1. The number of thiophene rings is 1. The molecule has 0 saturated carbocycles. The van der Waals surface area contributed by atoms with Gasteiger partial charge in [-0.2, -0.15) is 0 Å². The van der Waals surface area contributed by atoms with E-state index in [4.69, 9.17) is 0 Å². The maximum Gasteiger partial charge on any atom is 0.0471 e. The average Bonchev–Trinajstić information content (AvgIpc) is 3.35. The summed E-state index contributed by atoms with van der Waals surface area (Å²) in [5.74, 6) is 0. The molecule has 7 aromatic rings. The minimum Gasteiger partial charge on any atom is -0.354 e. The number of nitrogens with one attached hydrogen (secondary N) is 1. The molecule has 0 atom stereocenters. The fraction of sp³-hybridized carbons (Fsp3) is 0. The number of fused-ring (bicyclic) bond motifs is 8. The number of hydrogen-bond acceptors (Lipinski definition) is 1. The first-order valence-corrected chi connectivity index (χ1v) is 11.0. The van der Waals surface area contributed by atoms with Crippen molar-refractivity contribution in [1.29, 1.82) is 0 Å². The third-order valence-corrected chi connectivity index (χ3v) is 7.40. The van der Waals surface area contributed by atoms with Gasteiger partial charge in [-0.1, -0.05) is 66.7 Å². The molecule has 2 aromatic heterocycles. The molecule has 30 heavy (non-hydrogen) atoms. The second kappa shape index (κ2) is 5.94. The smallest absolute Gasteiger partial charge is 0.0471 e. The van der Waals surface area contributed by atoms with E-state index in [2.05, 4.69) is 102 Å². The van der Waals surface area contributed by atoms with Gasteiger partial charge in [0.25, 0.3) is 0 Å². The standard InChI is InChI=1S/C28H17NS/c1-2-6-17(7-3-1)18-11-13-25-23(14-18)24-16-22-19(15-26(24)29-25)10-12-21-20-8-4-5-9-27(20)30-28(21)22/h1-16,29H. The normalized spacial score (nSPS) is 12.0. The second-order valence-corrected chi connectivity index (χ2v) is 8.96. The molecule has 0 aliphatic rings. The molecule has 0 bridgehead atoms. The molecule has 140 valence electrons. The van der Waals surface area contributed by atoms with E-state index in [1.807, 2.05) is 11.3 Å². The summed E-state index contributed by atoms with van der Waals surface area (Å²) in [5, 5.41) is 7.91. The monoisotopic (exact) mass is 399 g/mol. The first kappa shape index (κ1) is 16.2. The lowest BCUT2D eigenvalue weighted by Crippen LogP contribution is -1.77. The zero-order valence-corrected chi connectivity index (χ0v) is 17.0. The highest BCUT2D eigenvalue weighted by atomic mass is 32.1. The molecule has 7 rings (SSSR count). The lowest BCUT2D eigenvalue weighted by Gasteiger charge is -2.03. The van der Waals surface area contributed by atoms with E-state index < -0.39 is 0 Å². The zero-order valence-electron chi connectivity index (χ0n) is 16.1. The Labute approximate surface area is 177 Å². The van der Waals surface area contributed by atoms with Crippen LogP contribution in [0, 0.1) is 0 Å². The van der Waals surface area contributed by atoms with Gasteiger partial charge in [0.1, 0.15) is 0 Å². The maximum atomic E-state index is 3.63. The minimum atomic E-state index is 1.19. The van der Waals surface area contributed by atoms with Crippen molar-refractivity contribution < 1.29 is 0 Å². The molecule has 0 radical (unpaired) electrons. The molecule has 0 aliphatic heterocycles. The molecule has 0 fully saturated rings. The van der Waals surface area contributed by atoms with Crippen LogP contribution in [-0.4, -0.2) is 4.98 Å². The van der Waals surface area contributed by atoms with E-state index in [1.165, 1.54) is 63.9 Å². The van der Waals surface area contributed by atoms with Gasteiger partial charge < -0.3 is 4.98 Å². The van der Waals surface area contributed by atoms with Gasteiger partial charge in [0.05, 0.1) is 0 Å². The summed E-state index contributed by atoms with van der Waals surface area (Å²) in [6.45, 7) is 0. The van der Waals surface area contributed by atoms with E-state index >= 15 is 0 Å². The Balaban J connectivity index is 1.58. The predicted octanol–water partition coefficient (Wildman–Crippen LogP) is 8.51. The summed E-state index contributed by atoms with van der Waals surface area (Å²) in [7, 11) is 0. The van der Waals surface area contributed by atoms with Crippen molar-refractivity contribution >= 4 is 64.1 Å². The van der Waals surface area contributed by atoms with Crippen LogP contribution in [0.15, 0.2) is 97.1 Å². The summed E-state index contributed by atoms with van der Waals surface area (Å²) in [6.07, 6.45) is 0. The number of aromatic amines is 1. The highest BCUT2D eigenvalue weighted by Crippen LogP contribution is 2.40. The average molecular weight is 400 g/mol. The van der Waals surface area contributed by atoms with Crippen LogP contribution in [0.25, 0.3) is 63.9 Å². The molecule has 0 saturated heterocycles. The van der Waals surface area contributed by atoms with Gasteiger partial charge in [-0.15, -0.1) is 11.3 Å². The van der Waals surface area contributed by atoms with Crippen LogP contribution in [-0.2, 0) is 0 Å².